The molecule has 0 atom stereocenters. The van der Waals surface area contributed by atoms with Crippen LogP contribution in [0, 0.1) is 13.8 Å². The summed E-state index contributed by atoms with van der Waals surface area (Å²) >= 11 is 0. The number of aromatic nitrogens is 2. The van der Waals surface area contributed by atoms with Crippen LogP contribution in [-0.4, -0.2) is 52.1 Å². The highest BCUT2D eigenvalue weighted by Gasteiger charge is 2.25. The van der Waals surface area contributed by atoms with Crippen molar-refractivity contribution in [2.24, 2.45) is 0 Å². The van der Waals surface area contributed by atoms with Gasteiger partial charge < -0.3 is 19.7 Å². The molecule has 2 N–H and O–H groups in total. The van der Waals surface area contributed by atoms with E-state index in [2.05, 4.69) is 9.97 Å². The van der Waals surface area contributed by atoms with E-state index in [1.807, 2.05) is 6.07 Å². The quantitative estimate of drug-likeness (QED) is 0.809. The number of hydrogen-bond acceptors (Lipinski definition) is 4. The molecule has 2 aromatic rings. The van der Waals surface area contributed by atoms with Crippen molar-refractivity contribution in [2.75, 3.05) is 20.3 Å². The molecule has 0 aromatic carbocycles. The maximum Gasteiger partial charge on any atom is 0.337 e. The molecule has 0 radical (unpaired) electrons. The summed E-state index contributed by atoms with van der Waals surface area (Å²) in [6, 6.07) is 3.69. The van der Waals surface area contributed by atoms with E-state index in [0.717, 1.165) is 5.56 Å². The second kappa shape index (κ2) is 7.74. The molecule has 0 fully saturated rings. The fraction of sp³-hybridized carbons (Fsp3) is 0.353. The fourth-order valence-corrected chi connectivity index (χ4v) is 2.61. The molecular formula is C17H21N3O4. The molecule has 24 heavy (non-hydrogen) atoms. The number of hydrogen-bond donors (Lipinski definition) is 2. The number of aryl methyl sites for hydroxylation is 1. The first-order valence-electron chi connectivity index (χ1n) is 7.55. The zero-order valence-electron chi connectivity index (χ0n) is 14.0. The number of aromatic amines is 1. The van der Waals surface area contributed by atoms with Crippen molar-refractivity contribution in [2.45, 2.75) is 20.4 Å². The predicted octanol–water partition coefficient (Wildman–Crippen LogP) is 2.01. The van der Waals surface area contributed by atoms with Crippen LogP contribution in [0.15, 0.2) is 24.5 Å². The smallest absolute Gasteiger partial charge is 0.337 e. The Balaban J connectivity index is 2.31. The zero-order chi connectivity index (χ0) is 17.7. The zero-order valence-corrected chi connectivity index (χ0v) is 14.0. The van der Waals surface area contributed by atoms with Crippen LogP contribution in [-0.2, 0) is 11.3 Å². The summed E-state index contributed by atoms with van der Waals surface area (Å²) in [6.07, 6.45) is 3.37. The van der Waals surface area contributed by atoms with Crippen molar-refractivity contribution >= 4 is 11.9 Å². The number of carbonyl (C=O) groups excluding carboxylic acids is 1. The van der Waals surface area contributed by atoms with Gasteiger partial charge in [-0.1, -0.05) is 6.07 Å². The van der Waals surface area contributed by atoms with E-state index >= 15 is 0 Å². The Morgan fingerprint density at radius 2 is 2.12 bits per heavy atom. The van der Waals surface area contributed by atoms with Gasteiger partial charge in [0.15, 0.2) is 0 Å². The van der Waals surface area contributed by atoms with E-state index in [0.29, 0.717) is 36.6 Å². The van der Waals surface area contributed by atoms with Crippen molar-refractivity contribution in [1.82, 2.24) is 14.9 Å². The van der Waals surface area contributed by atoms with E-state index in [1.165, 1.54) is 0 Å². The predicted molar refractivity (Wildman–Crippen MR) is 88.1 cm³/mol. The number of carbonyl (C=O) groups is 2. The lowest BCUT2D eigenvalue weighted by molar-refractivity contribution is 0.0674. The van der Waals surface area contributed by atoms with Crippen molar-refractivity contribution < 1.29 is 19.4 Å². The molecule has 128 valence electrons. The lowest BCUT2D eigenvalue weighted by atomic mass is 10.1. The van der Waals surface area contributed by atoms with Gasteiger partial charge in [0.2, 0.25) is 0 Å². The summed E-state index contributed by atoms with van der Waals surface area (Å²) in [6.45, 7) is 4.43. The van der Waals surface area contributed by atoms with Crippen LogP contribution in [0.5, 0.6) is 0 Å². The van der Waals surface area contributed by atoms with Crippen molar-refractivity contribution in [3.8, 4) is 0 Å². The molecule has 0 aliphatic rings. The van der Waals surface area contributed by atoms with Crippen molar-refractivity contribution in [1.29, 1.82) is 0 Å². The first-order chi connectivity index (χ1) is 11.5. The molecule has 0 aliphatic heterocycles. The normalized spacial score (nSPS) is 10.6. The van der Waals surface area contributed by atoms with Gasteiger partial charge in [0.1, 0.15) is 5.69 Å². The third-order valence-corrected chi connectivity index (χ3v) is 3.81. The van der Waals surface area contributed by atoms with Crippen LogP contribution in [0.2, 0.25) is 0 Å². The molecule has 0 bridgehead atoms. The van der Waals surface area contributed by atoms with Gasteiger partial charge in [0.05, 0.1) is 12.2 Å². The summed E-state index contributed by atoms with van der Waals surface area (Å²) in [5.41, 5.74) is 2.24. The lowest BCUT2D eigenvalue weighted by Gasteiger charge is -2.22. The number of nitrogens with one attached hydrogen (secondary N) is 1. The maximum absolute atomic E-state index is 12.9. The average molecular weight is 331 g/mol. The van der Waals surface area contributed by atoms with E-state index in [-0.39, 0.29) is 11.5 Å². The Bertz CT molecular complexity index is 725. The van der Waals surface area contributed by atoms with Gasteiger partial charge in [-0.25, -0.2) is 4.79 Å². The fourth-order valence-electron chi connectivity index (χ4n) is 2.61. The van der Waals surface area contributed by atoms with E-state index in [1.54, 1.807) is 44.3 Å². The summed E-state index contributed by atoms with van der Waals surface area (Å²) in [7, 11) is 1.57. The maximum atomic E-state index is 12.9. The molecule has 0 saturated carbocycles. The SMILES string of the molecule is COCCN(Cc1cccnc1)C(=O)c1[nH]c(C)c(C(=O)O)c1C. The molecule has 2 rings (SSSR count). The average Bonchev–Trinajstić information content (AvgIpc) is 2.86. The highest BCUT2D eigenvalue weighted by Crippen LogP contribution is 2.20. The second-order valence-electron chi connectivity index (χ2n) is 5.51. The third kappa shape index (κ3) is 3.80. The molecule has 0 saturated heterocycles. The molecular weight excluding hydrogens is 310 g/mol. The number of rotatable bonds is 7. The number of aromatic carboxylic acids is 1. The van der Waals surface area contributed by atoms with E-state index in [4.69, 9.17) is 4.74 Å². The largest absolute Gasteiger partial charge is 0.478 e. The number of amides is 1. The van der Waals surface area contributed by atoms with Gasteiger partial charge >= 0.3 is 5.97 Å². The first kappa shape index (κ1) is 17.7. The summed E-state index contributed by atoms with van der Waals surface area (Å²) in [5, 5.41) is 9.28. The molecule has 0 spiro atoms. The Morgan fingerprint density at radius 1 is 1.38 bits per heavy atom. The summed E-state index contributed by atoms with van der Waals surface area (Å²) < 4.78 is 5.08. The molecule has 7 heteroatoms. The Hall–Kier alpha value is -2.67. The highest BCUT2D eigenvalue weighted by atomic mass is 16.5. The van der Waals surface area contributed by atoms with Crippen LogP contribution >= 0.6 is 0 Å². The van der Waals surface area contributed by atoms with Gasteiger partial charge in [-0.15, -0.1) is 0 Å². The standard InChI is InChI=1S/C17H21N3O4/c1-11-14(17(22)23)12(2)19-15(11)16(21)20(7-8-24-3)10-13-5-4-6-18-9-13/h4-6,9,19H,7-8,10H2,1-3H3,(H,22,23). The minimum Gasteiger partial charge on any atom is -0.478 e. The van der Waals surface area contributed by atoms with Gasteiger partial charge in [-0.2, -0.15) is 0 Å². The Labute approximate surface area is 140 Å². The lowest BCUT2D eigenvalue weighted by Crippen LogP contribution is -2.34. The molecule has 7 nitrogen and oxygen atoms in total. The molecule has 2 aromatic heterocycles. The van der Waals surface area contributed by atoms with Crippen LogP contribution < -0.4 is 0 Å². The minimum absolute atomic E-state index is 0.145. The van der Waals surface area contributed by atoms with Gasteiger partial charge in [0, 0.05) is 38.3 Å². The molecule has 2 heterocycles. The van der Waals surface area contributed by atoms with E-state index in [9.17, 15) is 14.7 Å². The number of carboxylic acids is 1. The number of nitrogens with zero attached hydrogens (tertiary/aromatic N) is 2. The number of H-pyrrole nitrogens is 1. The van der Waals surface area contributed by atoms with Crippen molar-refractivity contribution in [3.63, 3.8) is 0 Å². The second-order valence-corrected chi connectivity index (χ2v) is 5.51. The number of ether oxygens (including phenoxy) is 1. The van der Waals surface area contributed by atoms with E-state index < -0.39 is 5.97 Å². The van der Waals surface area contributed by atoms with Crippen LogP contribution in [0.3, 0.4) is 0 Å². The monoisotopic (exact) mass is 331 g/mol. The van der Waals surface area contributed by atoms with Crippen molar-refractivity contribution in [3.05, 3.63) is 52.6 Å². The third-order valence-electron chi connectivity index (χ3n) is 3.81. The van der Waals surface area contributed by atoms with Crippen LogP contribution in [0.1, 0.15) is 37.7 Å². The number of methoxy groups -OCH3 is 1. The number of carboxylic acid groups (broad SMARTS) is 1. The molecule has 0 aliphatic carbocycles. The highest BCUT2D eigenvalue weighted by molar-refractivity contribution is 5.99. The minimum atomic E-state index is -1.05. The first-order valence-corrected chi connectivity index (χ1v) is 7.55. The van der Waals surface area contributed by atoms with Gasteiger partial charge in [-0.3, -0.25) is 9.78 Å². The summed E-state index contributed by atoms with van der Waals surface area (Å²) in [4.78, 5) is 32.8. The number of pyridine rings is 1. The van der Waals surface area contributed by atoms with Gasteiger partial charge in [-0.05, 0) is 31.0 Å². The molecule has 1 amide bonds. The molecule has 0 unspecified atom stereocenters. The Morgan fingerprint density at radius 3 is 2.67 bits per heavy atom. The van der Waals surface area contributed by atoms with Gasteiger partial charge in [0.25, 0.3) is 5.91 Å². The summed E-state index contributed by atoms with van der Waals surface area (Å²) in [5.74, 6) is -1.31. The van der Waals surface area contributed by atoms with Crippen LogP contribution in [0.4, 0.5) is 0 Å². The topological polar surface area (TPSA) is 95.5 Å². The van der Waals surface area contributed by atoms with Crippen LogP contribution in [0.25, 0.3) is 0 Å². The Kier molecular flexibility index (Phi) is 5.70.